The fraction of sp³-hybridized carbons (Fsp3) is 0.545. The molecule has 1 atom stereocenters. The Morgan fingerprint density at radius 3 is 2.80 bits per heavy atom. The van der Waals surface area contributed by atoms with Gasteiger partial charge in [-0.05, 0) is 45.6 Å². The molecule has 1 aliphatic carbocycles. The number of imidazole rings is 1. The maximum Gasteiger partial charge on any atom is 0.125 e. The molecule has 5 N–H and O–H groups in total. The summed E-state index contributed by atoms with van der Waals surface area (Å²) in [5, 5.41) is 15.9. The van der Waals surface area contributed by atoms with Gasteiger partial charge in [0.25, 0.3) is 0 Å². The number of amidine groups is 1. The lowest BCUT2D eigenvalue weighted by atomic mass is 9.93. The molecule has 1 heterocycles. The number of hydrogen-bond donors (Lipinski definition) is 4. The number of aliphatic hydroxyl groups is 1. The van der Waals surface area contributed by atoms with E-state index in [0.717, 1.165) is 48.2 Å². The van der Waals surface area contributed by atoms with Crippen molar-refractivity contribution in [1.29, 1.82) is 0 Å². The van der Waals surface area contributed by atoms with Gasteiger partial charge in [0.05, 0.1) is 29.7 Å². The highest BCUT2D eigenvalue weighted by Gasteiger charge is 2.23. The van der Waals surface area contributed by atoms with Crippen molar-refractivity contribution < 1.29 is 9.84 Å². The molecule has 0 radical (unpaired) electrons. The van der Waals surface area contributed by atoms with Crippen LogP contribution in [-0.4, -0.2) is 52.3 Å². The standard InChI is InChI=1S/C22H34N6O2/c1-14(24-3)9-21(23)27-19-10-18(11-20-22(19)26-13-28(20)4)30-17-7-5-16(6-8-17)25-12-15(2)29/h9-11,13,15-17,24-25,29H,5-8,12H2,1-4H3,(H2,23,27)/b14-9-/t15-,16?,17?/m0/s1. The van der Waals surface area contributed by atoms with E-state index in [4.69, 9.17) is 10.5 Å². The normalized spacial score (nSPS) is 21.6. The zero-order valence-electron chi connectivity index (χ0n) is 18.4. The second-order valence-corrected chi connectivity index (χ2v) is 8.13. The van der Waals surface area contributed by atoms with E-state index in [0.29, 0.717) is 24.1 Å². The van der Waals surface area contributed by atoms with Crippen molar-refractivity contribution in [1.82, 2.24) is 20.2 Å². The van der Waals surface area contributed by atoms with Crippen LogP contribution in [0.15, 0.2) is 35.2 Å². The van der Waals surface area contributed by atoms with E-state index in [9.17, 15) is 5.11 Å². The summed E-state index contributed by atoms with van der Waals surface area (Å²) in [6, 6.07) is 4.38. The van der Waals surface area contributed by atoms with Crippen LogP contribution in [0, 0.1) is 0 Å². The summed E-state index contributed by atoms with van der Waals surface area (Å²) in [6.45, 7) is 4.38. The molecule has 0 amide bonds. The van der Waals surface area contributed by atoms with Gasteiger partial charge in [-0.2, -0.15) is 0 Å². The van der Waals surface area contributed by atoms with Gasteiger partial charge in [-0.3, -0.25) is 0 Å². The van der Waals surface area contributed by atoms with Gasteiger partial charge in [-0.1, -0.05) is 0 Å². The van der Waals surface area contributed by atoms with E-state index in [-0.39, 0.29) is 12.2 Å². The first-order chi connectivity index (χ1) is 14.4. The van der Waals surface area contributed by atoms with E-state index >= 15 is 0 Å². The van der Waals surface area contributed by atoms with Crippen LogP contribution in [0.3, 0.4) is 0 Å². The van der Waals surface area contributed by atoms with Crippen LogP contribution in [0.5, 0.6) is 5.75 Å². The first-order valence-corrected chi connectivity index (χ1v) is 10.6. The molecule has 0 aliphatic heterocycles. The molecule has 0 unspecified atom stereocenters. The second-order valence-electron chi connectivity index (χ2n) is 8.13. The Hall–Kier alpha value is -2.58. The third-order valence-electron chi connectivity index (χ3n) is 5.47. The van der Waals surface area contributed by atoms with Crippen molar-refractivity contribution in [2.45, 2.75) is 57.8 Å². The molecule has 2 aromatic rings. The largest absolute Gasteiger partial charge is 0.490 e. The van der Waals surface area contributed by atoms with Gasteiger partial charge in [0.1, 0.15) is 17.1 Å². The van der Waals surface area contributed by atoms with Crippen LogP contribution in [0.25, 0.3) is 11.0 Å². The van der Waals surface area contributed by atoms with Gasteiger partial charge < -0.3 is 30.8 Å². The molecule has 0 saturated heterocycles. The fourth-order valence-corrected chi connectivity index (χ4v) is 3.72. The molecule has 8 heteroatoms. The van der Waals surface area contributed by atoms with Gasteiger partial charge in [-0.15, -0.1) is 0 Å². The molecule has 8 nitrogen and oxygen atoms in total. The highest BCUT2D eigenvalue weighted by atomic mass is 16.5. The van der Waals surface area contributed by atoms with Gasteiger partial charge in [0.15, 0.2) is 0 Å². The number of hydrogen-bond acceptors (Lipinski definition) is 6. The summed E-state index contributed by atoms with van der Waals surface area (Å²) in [4.78, 5) is 9.07. The number of aromatic nitrogens is 2. The zero-order chi connectivity index (χ0) is 21.7. The molecule has 164 valence electrons. The van der Waals surface area contributed by atoms with Gasteiger partial charge >= 0.3 is 0 Å². The Morgan fingerprint density at radius 1 is 1.40 bits per heavy atom. The molecule has 1 fully saturated rings. The highest BCUT2D eigenvalue weighted by molar-refractivity contribution is 5.98. The van der Waals surface area contributed by atoms with Crippen LogP contribution in [0.2, 0.25) is 0 Å². The molecular weight excluding hydrogens is 380 g/mol. The lowest BCUT2D eigenvalue weighted by molar-refractivity contribution is 0.131. The number of nitrogens with zero attached hydrogens (tertiary/aromatic N) is 3. The lowest BCUT2D eigenvalue weighted by Gasteiger charge is -2.30. The average molecular weight is 415 g/mol. The predicted octanol–water partition coefficient (Wildman–Crippen LogP) is 2.35. The lowest BCUT2D eigenvalue weighted by Crippen LogP contribution is -2.39. The molecule has 0 bridgehead atoms. The van der Waals surface area contributed by atoms with Crippen molar-refractivity contribution in [3.8, 4) is 5.75 Å². The summed E-state index contributed by atoms with van der Waals surface area (Å²) in [5.74, 6) is 1.20. The smallest absolute Gasteiger partial charge is 0.125 e. The summed E-state index contributed by atoms with van der Waals surface area (Å²) in [7, 11) is 3.80. The summed E-state index contributed by atoms with van der Waals surface area (Å²) in [6.07, 6.45) is 7.46. The maximum atomic E-state index is 9.45. The number of nitrogens with two attached hydrogens (primary N) is 1. The average Bonchev–Trinajstić information content (AvgIpc) is 3.08. The van der Waals surface area contributed by atoms with Crippen molar-refractivity contribution in [2.24, 2.45) is 17.8 Å². The SMILES string of the molecule is CN/C(C)=C\C(N)=Nc1cc(OC2CCC(NC[C@H](C)O)CC2)cc2c1ncn2C. The second kappa shape index (κ2) is 9.95. The zero-order valence-corrected chi connectivity index (χ0v) is 18.4. The number of allylic oxidation sites excluding steroid dienone is 1. The monoisotopic (exact) mass is 414 g/mol. The summed E-state index contributed by atoms with van der Waals surface area (Å²) >= 11 is 0. The molecule has 3 rings (SSSR count). The molecular formula is C22H34N6O2. The van der Waals surface area contributed by atoms with Crippen LogP contribution in [0.1, 0.15) is 39.5 Å². The third kappa shape index (κ3) is 5.73. The van der Waals surface area contributed by atoms with E-state index < -0.39 is 0 Å². The number of rotatable bonds is 8. The Kier molecular flexibility index (Phi) is 7.33. The van der Waals surface area contributed by atoms with E-state index in [2.05, 4.69) is 20.6 Å². The maximum absolute atomic E-state index is 9.45. The van der Waals surface area contributed by atoms with E-state index in [1.54, 1.807) is 19.3 Å². The predicted molar refractivity (Wildman–Crippen MR) is 121 cm³/mol. The minimum Gasteiger partial charge on any atom is -0.490 e. The Labute approximate surface area is 178 Å². The third-order valence-corrected chi connectivity index (χ3v) is 5.47. The van der Waals surface area contributed by atoms with Crippen molar-refractivity contribution in [3.05, 3.63) is 30.2 Å². The van der Waals surface area contributed by atoms with Gasteiger partial charge in [-0.25, -0.2) is 9.98 Å². The van der Waals surface area contributed by atoms with E-state index in [1.165, 1.54) is 0 Å². The van der Waals surface area contributed by atoms with Crippen molar-refractivity contribution in [3.63, 3.8) is 0 Å². The molecule has 1 aromatic heterocycles. The quantitative estimate of drug-likeness (QED) is 0.390. The first kappa shape index (κ1) is 22.1. The topological polar surface area (TPSA) is 110 Å². The number of benzene rings is 1. The molecule has 0 spiro atoms. The van der Waals surface area contributed by atoms with E-state index in [1.807, 2.05) is 37.7 Å². The number of aliphatic hydroxyl groups excluding tert-OH is 1. The molecule has 1 aromatic carbocycles. The Balaban J connectivity index is 1.75. The first-order valence-electron chi connectivity index (χ1n) is 10.6. The fourth-order valence-electron chi connectivity index (χ4n) is 3.72. The van der Waals surface area contributed by atoms with Crippen molar-refractivity contribution in [2.75, 3.05) is 13.6 Å². The Morgan fingerprint density at radius 2 is 2.13 bits per heavy atom. The summed E-state index contributed by atoms with van der Waals surface area (Å²) in [5.41, 5.74) is 9.51. The number of aryl methyl sites for hydroxylation is 1. The Bertz CT molecular complexity index is 910. The van der Waals surface area contributed by atoms with Crippen LogP contribution < -0.4 is 21.1 Å². The van der Waals surface area contributed by atoms with Gasteiger partial charge in [0.2, 0.25) is 0 Å². The summed E-state index contributed by atoms with van der Waals surface area (Å²) < 4.78 is 8.29. The highest BCUT2D eigenvalue weighted by Crippen LogP contribution is 2.32. The van der Waals surface area contributed by atoms with Gasteiger partial charge in [0, 0.05) is 44.5 Å². The van der Waals surface area contributed by atoms with Crippen LogP contribution in [-0.2, 0) is 7.05 Å². The number of ether oxygens (including phenoxy) is 1. The minimum absolute atomic E-state index is 0.167. The molecule has 30 heavy (non-hydrogen) atoms. The molecule has 1 aliphatic rings. The van der Waals surface area contributed by atoms with Crippen LogP contribution in [0.4, 0.5) is 5.69 Å². The molecule has 1 saturated carbocycles. The number of aliphatic imine (C=N–C) groups is 1. The van der Waals surface area contributed by atoms with Crippen LogP contribution >= 0.6 is 0 Å². The minimum atomic E-state index is -0.317. The number of fused-ring (bicyclic) bond motifs is 1. The van der Waals surface area contributed by atoms with Crippen molar-refractivity contribution >= 4 is 22.6 Å². The number of nitrogens with one attached hydrogen (secondary N) is 2.